The van der Waals surface area contributed by atoms with E-state index in [-0.39, 0.29) is 5.13 Å². The van der Waals surface area contributed by atoms with Gasteiger partial charge < -0.3 is 0 Å². The number of anilines is 2. The van der Waals surface area contributed by atoms with Crippen LogP contribution in [-0.2, 0) is 16.0 Å². The van der Waals surface area contributed by atoms with E-state index in [4.69, 9.17) is 0 Å². The Morgan fingerprint density at radius 3 is 2.05 bits per heavy atom. The SMILES string of the molecule is CCc1nnc(NC(=O)C(=O)Nc2nnc(C)s2)s1. The van der Waals surface area contributed by atoms with Crippen molar-refractivity contribution in [2.24, 2.45) is 0 Å². The number of nitrogens with one attached hydrogen (secondary N) is 2. The lowest BCUT2D eigenvalue weighted by Crippen LogP contribution is -2.29. The summed E-state index contributed by atoms with van der Waals surface area (Å²) >= 11 is 2.42. The van der Waals surface area contributed by atoms with Gasteiger partial charge in [0.25, 0.3) is 0 Å². The molecule has 2 aromatic rings. The molecule has 19 heavy (non-hydrogen) atoms. The molecule has 0 atom stereocenters. The van der Waals surface area contributed by atoms with E-state index in [2.05, 4.69) is 31.0 Å². The lowest BCUT2D eigenvalue weighted by Gasteiger charge is -1.99. The Bertz CT molecular complexity index is 607. The molecule has 0 spiro atoms. The maximum Gasteiger partial charge on any atom is 0.315 e. The summed E-state index contributed by atoms with van der Waals surface area (Å²) in [5, 5.41) is 21.8. The second-order valence-corrected chi connectivity index (χ2v) is 5.63. The third-order valence-electron chi connectivity index (χ3n) is 1.94. The second kappa shape index (κ2) is 5.80. The van der Waals surface area contributed by atoms with Crippen LogP contribution in [0, 0.1) is 6.92 Å². The molecular formula is C9H10N6O2S2. The molecule has 2 amide bonds. The van der Waals surface area contributed by atoms with E-state index in [0.29, 0.717) is 10.1 Å². The third-order valence-corrected chi connectivity index (χ3v) is 3.68. The van der Waals surface area contributed by atoms with Gasteiger partial charge in [-0.05, 0) is 13.3 Å². The Morgan fingerprint density at radius 1 is 1.00 bits per heavy atom. The van der Waals surface area contributed by atoms with Crippen LogP contribution in [0.15, 0.2) is 0 Å². The number of hydrogen-bond donors (Lipinski definition) is 2. The van der Waals surface area contributed by atoms with Crippen LogP contribution in [0.2, 0.25) is 0 Å². The van der Waals surface area contributed by atoms with E-state index < -0.39 is 11.8 Å². The summed E-state index contributed by atoms with van der Waals surface area (Å²) in [5.41, 5.74) is 0. The number of aromatic nitrogens is 4. The number of aryl methyl sites for hydroxylation is 2. The molecule has 0 fully saturated rings. The molecule has 0 saturated carbocycles. The van der Waals surface area contributed by atoms with Gasteiger partial charge in [-0.2, -0.15) is 0 Å². The smallest absolute Gasteiger partial charge is 0.292 e. The Hall–Kier alpha value is -1.94. The lowest BCUT2D eigenvalue weighted by atomic mass is 10.5. The lowest BCUT2D eigenvalue weighted by molar-refractivity contribution is -0.133. The minimum atomic E-state index is -0.815. The average molecular weight is 298 g/mol. The molecule has 100 valence electrons. The first-order chi connectivity index (χ1) is 9.08. The van der Waals surface area contributed by atoms with Gasteiger partial charge in [0, 0.05) is 0 Å². The van der Waals surface area contributed by atoms with Gasteiger partial charge in [0.05, 0.1) is 0 Å². The van der Waals surface area contributed by atoms with Gasteiger partial charge in [0.1, 0.15) is 10.0 Å². The van der Waals surface area contributed by atoms with Crippen molar-refractivity contribution in [3.63, 3.8) is 0 Å². The largest absolute Gasteiger partial charge is 0.315 e. The molecule has 0 bridgehead atoms. The highest BCUT2D eigenvalue weighted by molar-refractivity contribution is 7.15. The van der Waals surface area contributed by atoms with E-state index in [0.717, 1.165) is 11.4 Å². The van der Waals surface area contributed by atoms with Crippen LogP contribution < -0.4 is 10.6 Å². The fourth-order valence-corrected chi connectivity index (χ4v) is 2.36. The van der Waals surface area contributed by atoms with Crippen molar-refractivity contribution in [2.45, 2.75) is 20.3 Å². The molecule has 2 heterocycles. The molecule has 0 aromatic carbocycles. The number of carbonyl (C=O) groups excluding carboxylic acids is 2. The van der Waals surface area contributed by atoms with Crippen LogP contribution in [-0.4, -0.2) is 32.2 Å². The molecular weight excluding hydrogens is 288 g/mol. The third kappa shape index (κ3) is 3.51. The Balaban J connectivity index is 1.94. The van der Waals surface area contributed by atoms with Gasteiger partial charge in [0.15, 0.2) is 0 Å². The van der Waals surface area contributed by atoms with Crippen molar-refractivity contribution < 1.29 is 9.59 Å². The van der Waals surface area contributed by atoms with Gasteiger partial charge in [-0.3, -0.25) is 20.2 Å². The summed E-state index contributed by atoms with van der Waals surface area (Å²) in [5.74, 6) is -1.63. The predicted octanol–water partition coefficient (Wildman–Crippen LogP) is 0.838. The van der Waals surface area contributed by atoms with Crippen molar-refractivity contribution in [2.75, 3.05) is 10.6 Å². The standard InChI is InChI=1S/C9H10N6O2S2/c1-3-5-13-15-9(19-5)11-7(17)6(16)10-8-14-12-4(2)18-8/h3H2,1-2H3,(H,10,14,16)(H,11,15,17). The second-order valence-electron chi connectivity index (χ2n) is 3.39. The summed E-state index contributed by atoms with van der Waals surface area (Å²) in [6.07, 6.45) is 0.726. The first kappa shape index (κ1) is 13.5. The Labute approximate surface area is 116 Å². The molecule has 2 aromatic heterocycles. The summed E-state index contributed by atoms with van der Waals surface area (Å²) in [6.45, 7) is 3.68. The van der Waals surface area contributed by atoms with Crippen molar-refractivity contribution in [1.29, 1.82) is 0 Å². The first-order valence-electron chi connectivity index (χ1n) is 5.33. The van der Waals surface area contributed by atoms with Crippen LogP contribution in [0.1, 0.15) is 16.9 Å². The van der Waals surface area contributed by atoms with Crippen LogP contribution in [0.25, 0.3) is 0 Å². The van der Waals surface area contributed by atoms with Crippen LogP contribution in [0.3, 0.4) is 0 Å². The Kier molecular flexibility index (Phi) is 4.12. The van der Waals surface area contributed by atoms with Gasteiger partial charge in [0.2, 0.25) is 10.3 Å². The fourth-order valence-electron chi connectivity index (χ4n) is 1.10. The molecule has 0 radical (unpaired) electrons. The highest BCUT2D eigenvalue weighted by Crippen LogP contribution is 2.16. The van der Waals surface area contributed by atoms with Gasteiger partial charge >= 0.3 is 11.8 Å². The number of carbonyl (C=O) groups is 2. The molecule has 2 N–H and O–H groups in total. The molecule has 8 nitrogen and oxygen atoms in total. The van der Waals surface area contributed by atoms with E-state index >= 15 is 0 Å². The zero-order chi connectivity index (χ0) is 13.8. The summed E-state index contributed by atoms with van der Waals surface area (Å²) < 4.78 is 0. The summed E-state index contributed by atoms with van der Waals surface area (Å²) in [6, 6.07) is 0. The monoisotopic (exact) mass is 298 g/mol. The molecule has 0 aliphatic carbocycles. The molecule has 0 aliphatic rings. The van der Waals surface area contributed by atoms with Crippen molar-refractivity contribution in [1.82, 2.24) is 20.4 Å². The summed E-state index contributed by atoms with van der Waals surface area (Å²) in [7, 11) is 0. The van der Waals surface area contributed by atoms with E-state index in [9.17, 15) is 9.59 Å². The van der Waals surface area contributed by atoms with Crippen LogP contribution >= 0.6 is 22.7 Å². The normalized spacial score (nSPS) is 10.2. The molecule has 10 heteroatoms. The van der Waals surface area contributed by atoms with E-state index in [1.165, 1.54) is 22.7 Å². The topological polar surface area (TPSA) is 110 Å². The zero-order valence-electron chi connectivity index (χ0n) is 10.1. The molecule has 2 rings (SSSR count). The Morgan fingerprint density at radius 2 is 1.58 bits per heavy atom. The fraction of sp³-hybridized carbons (Fsp3) is 0.333. The molecule has 0 saturated heterocycles. The highest BCUT2D eigenvalue weighted by Gasteiger charge is 2.17. The maximum atomic E-state index is 11.6. The van der Waals surface area contributed by atoms with Crippen molar-refractivity contribution in [3.05, 3.63) is 10.0 Å². The van der Waals surface area contributed by atoms with E-state index in [1.54, 1.807) is 6.92 Å². The molecule has 0 aliphatic heterocycles. The van der Waals surface area contributed by atoms with Crippen LogP contribution in [0.5, 0.6) is 0 Å². The zero-order valence-corrected chi connectivity index (χ0v) is 11.8. The predicted molar refractivity (Wildman–Crippen MR) is 71.2 cm³/mol. The van der Waals surface area contributed by atoms with Crippen LogP contribution in [0.4, 0.5) is 10.3 Å². The first-order valence-corrected chi connectivity index (χ1v) is 6.96. The average Bonchev–Trinajstić information content (AvgIpc) is 2.98. The number of hydrogen-bond acceptors (Lipinski definition) is 8. The molecule has 0 unspecified atom stereocenters. The summed E-state index contributed by atoms with van der Waals surface area (Å²) in [4.78, 5) is 23.2. The van der Waals surface area contributed by atoms with Gasteiger partial charge in [-0.1, -0.05) is 29.6 Å². The number of nitrogens with zero attached hydrogens (tertiary/aromatic N) is 4. The number of amides is 2. The highest BCUT2D eigenvalue weighted by atomic mass is 32.1. The van der Waals surface area contributed by atoms with Crippen molar-refractivity contribution in [3.8, 4) is 0 Å². The number of rotatable bonds is 3. The quantitative estimate of drug-likeness (QED) is 0.812. The van der Waals surface area contributed by atoms with Crippen molar-refractivity contribution >= 4 is 44.8 Å². The minimum Gasteiger partial charge on any atom is -0.292 e. The van der Waals surface area contributed by atoms with Gasteiger partial charge in [-0.15, -0.1) is 20.4 Å². The van der Waals surface area contributed by atoms with Gasteiger partial charge in [-0.25, -0.2) is 0 Å². The van der Waals surface area contributed by atoms with E-state index in [1.807, 2.05) is 6.92 Å². The maximum absolute atomic E-state index is 11.6. The minimum absolute atomic E-state index is 0.282.